The number of carbonyl (C=O) groups excluding carboxylic acids is 2. The maximum absolute atomic E-state index is 12.5. The predicted molar refractivity (Wildman–Crippen MR) is 111 cm³/mol. The van der Waals surface area contributed by atoms with Crippen LogP contribution in [0.1, 0.15) is 30.1 Å². The minimum atomic E-state index is -0.722. The Kier molecular flexibility index (Phi) is 8.08. The molecule has 0 unspecified atom stereocenters. The van der Waals surface area contributed by atoms with E-state index in [2.05, 4.69) is 10.6 Å². The molecule has 2 aromatic rings. The number of ether oxygens (including phenoxy) is 1. The van der Waals surface area contributed by atoms with Crippen LogP contribution in [0.2, 0.25) is 0 Å². The van der Waals surface area contributed by atoms with Crippen molar-refractivity contribution in [1.82, 2.24) is 0 Å². The van der Waals surface area contributed by atoms with E-state index in [0.717, 1.165) is 12.8 Å². The van der Waals surface area contributed by atoms with E-state index in [1.54, 1.807) is 18.2 Å². The monoisotopic (exact) mass is 408 g/mol. The van der Waals surface area contributed by atoms with E-state index in [0.29, 0.717) is 5.69 Å². The third-order valence-electron chi connectivity index (χ3n) is 3.95. The molecular weight excluding hydrogens is 388 g/mol. The Hall–Kier alpha value is -4.19. The van der Waals surface area contributed by atoms with Crippen molar-refractivity contribution in [3.8, 4) is 6.07 Å². The molecule has 0 saturated heterocycles. The first-order chi connectivity index (χ1) is 14.5. The number of esters is 1. The summed E-state index contributed by atoms with van der Waals surface area (Å²) in [5.41, 5.74) is 0.539. The number of para-hydroxylation sites is 1. The standard InChI is InChI=1S/C21H20N4O5/c1-2-3-12-30-21(27)18-6-4-5-7-19(18)24-20(26)15(13-22)14-23-16-8-10-17(11-9-16)25(28)29/h4-11,14,23H,2-3,12H2,1H3,(H,24,26)/b15-14-. The van der Waals surface area contributed by atoms with Gasteiger partial charge in [0.25, 0.3) is 11.6 Å². The largest absolute Gasteiger partial charge is 0.462 e. The minimum absolute atomic E-state index is 0.0785. The van der Waals surface area contributed by atoms with E-state index in [1.807, 2.05) is 6.92 Å². The first-order valence-electron chi connectivity index (χ1n) is 9.15. The van der Waals surface area contributed by atoms with Gasteiger partial charge in [-0.25, -0.2) is 4.79 Å². The topological polar surface area (TPSA) is 134 Å². The molecule has 1 amide bonds. The number of nitro groups is 1. The summed E-state index contributed by atoms with van der Waals surface area (Å²) >= 11 is 0. The second-order valence-electron chi connectivity index (χ2n) is 6.11. The summed E-state index contributed by atoms with van der Waals surface area (Å²) in [6.45, 7) is 2.25. The number of nitro benzene ring substituents is 1. The van der Waals surface area contributed by atoms with Gasteiger partial charge in [-0.2, -0.15) is 5.26 Å². The molecule has 0 heterocycles. The number of amides is 1. The number of rotatable bonds is 9. The highest BCUT2D eigenvalue weighted by Crippen LogP contribution is 2.18. The van der Waals surface area contributed by atoms with Crippen LogP contribution < -0.4 is 10.6 Å². The lowest BCUT2D eigenvalue weighted by atomic mass is 10.1. The van der Waals surface area contributed by atoms with Crippen LogP contribution in [0.4, 0.5) is 17.1 Å². The Balaban J connectivity index is 2.10. The highest BCUT2D eigenvalue weighted by molar-refractivity contribution is 6.09. The van der Waals surface area contributed by atoms with Crippen LogP contribution in [0.5, 0.6) is 0 Å². The number of nitrogens with zero attached hydrogens (tertiary/aromatic N) is 2. The van der Waals surface area contributed by atoms with E-state index in [9.17, 15) is 25.0 Å². The van der Waals surface area contributed by atoms with Gasteiger partial charge in [-0.05, 0) is 30.7 Å². The van der Waals surface area contributed by atoms with Gasteiger partial charge in [-0.3, -0.25) is 14.9 Å². The Morgan fingerprint density at radius 3 is 2.53 bits per heavy atom. The average molecular weight is 408 g/mol. The maximum Gasteiger partial charge on any atom is 0.340 e. The first-order valence-corrected chi connectivity index (χ1v) is 9.15. The van der Waals surface area contributed by atoms with Crippen LogP contribution in [0, 0.1) is 21.4 Å². The summed E-state index contributed by atoms with van der Waals surface area (Å²) in [6.07, 6.45) is 2.79. The van der Waals surface area contributed by atoms with Crippen molar-refractivity contribution >= 4 is 28.9 Å². The third-order valence-corrected chi connectivity index (χ3v) is 3.95. The van der Waals surface area contributed by atoms with Gasteiger partial charge >= 0.3 is 5.97 Å². The molecule has 0 bridgehead atoms. The number of anilines is 2. The van der Waals surface area contributed by atoms with Gasteiger partial charge in [0.1, 0.15) is 11.6 Å². The molecule has 0 saturated carbocycles. The van der Waals surface area contributed by atoms with Gasteiger partial charge < -0.3 is 15.4 Å². The van der Waals surface area contributed by atoms with Crippen LogP contribution in [-0.4, -0.2) is 23.4 Å². The molecule has 2 rings (SSSR count). The molecule has 0 aliphatic heterocycles. The first kappa shape index (κ1) is 22.1. The molecule has 0 aliphatic rings. The smallest absolute Gasteiger partial charge is 0.340 e. The number of unbranched alkanes of at least 4 members (excludes halogenated alkanes) is 1. The zero-order valence-corrected chi connectivity index (χ0v) is 16.3. The molecule has 2 aromatic carbocycles. The van der Waals surface area contributed by atoms with Crippen molar-refractivity contribution in [3.63, 3.8) is 0 Å². The molecule has 30 heavy (non-hydrogen) atoms. The van der Waals surface area contributed by atoms with Crippen LogP contribution in [0.25, 0.3) is 0 Å². The zero-order valence-electron chi connectivity index (χ0n) is 16.3. The summed E-state index contributed by atoms with van der Waals surface area (Å²) < 4.78 is 5.18. The van der Waals surface area contributed by atoms with Gasteiger partial charge in [0.2, 0.25) is 0 Å². The van der Waals surface area contributed by atoms with Gasteiger partial charge in [0, 0.05) is 24.0 Å². The minimum Gasteiger partial charge on any atom is -0.462 e. The van der Waals surface area contributed by atoms with Crippen LogP contribution in [0.15, 0.2) is 60.3 Å². The fourth-order valence-corrected chi connectivity index (χ4v) is 2.33. The lowest BCUT2D eigenvalue weighted by Gasteiger charge is -2.10. The number of carbonyl (C=O) groups is 2. The molecule has 2 N–H and O–H groups in total. The van der Waals surface area contributed by atoms with E-state index in [4.69, 9.17) is 4.74 Å². The van der Waals surface area contributed by atoms with E-state index < -0.39 is 16.8 Å². The summed E-state index contributed by atoms with van der Waals surface area (Å²) in [5, 5.41) is 25.2. The molecule has 0 atom stereocenters. The second-order valence-corrected chi connectivity index (χ2v) is 6.11. The molecule has 0 spiro atoms. The van der Waals surface area contributed by atoms with Crippen LogP contribution in [-0.2, 0) is 9.53 Å². The molecule has 9 heteroatoms. The lowest BCUT2D eigenvalue weighted by Crippen LogP contribution is -2.17. The van der Waals surface area contributed by atoms with Crippen LogP contribution in [0.3, 0.4) is 0 Å². The summed E-state index contributed by atoms with van der Waals surface area (Å²) in [4.78, 5) is 34.8. The quantitative estimate of drug-likeness (QED) is 0.160. The molecule has 154 valence electrons. The normalized spacial score (nSPS) is 10.6. The second kappa shape index (κ2) is 11.0. The molecule has 9 nitrogen and oxygen atoms in total. The fraction of sp³-hybridized carbons (Fsp3) is 0.190. The summed E-state index contributed by atoms with van der Waals surface area (Å²) in [5.74, 6) is -1.29. The van der Waals surface area contributed by atoms with Gasteiger partial charge in [-0.1, -0.05) is 25.5 Å². The van der Waals surface area contributed by atoms with Gasteiger partial charge in [0.15, 0.2) is 0 Å². The summed E-state index contributed by atoms with van der Waals surface area (Å²) in [7, 11) is 0. The highest BCUT2D eigenvalue weighted by atomic mass is 16.6. The number of nitrogens with one attached hydrogen (secondary N) is 2. The van der Waals surface area contributed by atoms with E-state index >= 15 is 0 Å². The van der Waals surface area contributed by atoms with E-state index in [1.165, 1.54) is 42.6 Å². The number of benzene rings is 2. The number of hydrogen-bond donors (Lipinski definition) is 2. The Morgan fingerprint density at radius 2 is 1.90 bits per heavy atom. The van der Waals surface area contributed by atoms with Gasteiger partial charge in [0.05, 0.1) is 22.8 Å². The van der Waals surface area contributed by atoms with Crippen molar-refractivity contribution in [3.05, 3.63) is 76.0 Å². The Bertz CT molecular complexity index is 993. The van der Waals surface area contributed by atoms with Crippen molar-refractivity contribution < 1.29 is 19.2 Å². The highest BCUT2D eigenvalue weighted by Gasteiger charge is 2.16. The molecular formula is C21H20N4O5. The molecule has 0 aliphatic carbocycles. The number of non-ortho nitro benzene ring substituents is 1. The number of hydrogen-bond acceptors (Lipinski definition) is 7. The Labute approximate surface area is 173 Å². The summed E-state index contributed by atoms with van der Waals surface area (Å²) in [6, 6.07) is 13.6. The van der Waals surface area contributed by atoms with Crippen molar-refractivity contribution in [2.24, 2.45) is 0 Å². The zero-order chi connectivity index (χ0) is 21.9. The van der Waals surface area contributed by atoms with Crippen molar-refractivity contribution in [1.29, 1.82) is 5.26 Å². The molecule has 0 radical (unpaired) electrons. The number of nitriles is 1. The third kappa shape index (κ3) is 6.17. The predicted octanol–water partition coefficient (Wildman–Crippen LogP) is 4.01. The van der Waals surface area contributed by atoms with Gasteiger partial charge in [-0.15, -0.1) is 0 Å². The Morgan fingerprint density at radius 1 is 1.20 bits per heavy atom. The van der Waals surface area contributed by atoms with Crippen molar-refractivity contribution in [2.75, 3.05) is 17.2 Å². The fourth-order valence-electron chi connectivity index (χ4n) is 2.33. The SMILES string of the molecule is CCCCOC(=O)c1ccccc1NC(=O)/C(C#N)=C\Nc1ccc([N+](=O)[O-])cc1. The molecule has 0 aromatic heterocycles. The molecule has 0 fully saturated rings. The van der Waals surface area contributed by atoms with Crippen LogP contribution >= 0.6 is 0 Å². The van der Waals surface area contributed by atoms with E-state index in [-0.39, 0.29) is 29.1 Å². The maximum atomic E-state index is 12.5. The average Bonchev–Trinajstić information content (AvgIpc) is 2.75. The van der Waals surface area contributed by atoms with Crippen molar-refractivity contribution in [2.45, 2.75) is 19.8 Å². The lowest BCUT2D eigenvalue weighted by molar-refractivity contribution is -0.384.